The van der Waals surface area contributed by atoms with Gasteiger partial charge in [0.25, 0.3) is 11.8 Å². The second-order valence-electron chi connectivity index (χ2n) is 6.45. The number of para-hydroxylation sites is 1. The predicted molar refractivity (Wildman–Crippen MR) is 108 cm³/mol. The SMILES string of the molecule is CCc1nc(C)c2c(C)c(C(=O)NNC(=O)C(C)Oc3ccccc3F)sc2n1. The first-order chi connectivity index (χ1) is 13.8. The number of nitrogens with zero attached hydrogens (tertiary/aromatic N) is 2. The van der Waals surface area contributed by atoms with E-state index in [0.29, 0.717) is 11.3 Å². The second-order valence-corrected chi connectivity index (χ2v) is 7.45. The smallest absolute Gasteiger partial charge is 0.280 e. The number of aryl methyl sites for hydroxylation is 3. The van der Waals surface area contributed by atoms with Gasteiger partial charge in [0.15, 0.2) is 17.7 Å². The summed E-state index contributed by atoms with van der Waals surface area (Å²) in [4.78, 5) is 34.9. The number of hydrogen-bond donors (Lipinski definition) is 2. The Balaban J connectivity index is 1.69. The number of rotatable bonds is 5. The number of thiophene rings is 1. The zero-order valence-corrected chi connectivity index (χ0v) is 17.3. The van der Waals surface area contributed by atoms with Gasteiger partial charge in [0.05, 0.1) is 4.88 Å². The number of ether oxygens (including phenoxy) is 1. The maximum Gasteiger partial charge on any atom is 0.280 e. The van der Waals surface area contributed by atoms with Crippen molar-refractivity contribution in [3.63, 3.8) is 0 Å². The molecule has 2 heterocycles. The van der Waals surface area contributed by atoms with Crippen LogP contribution in [-0.2, 0) is 11.2 Å². The highest BCUT2D eigenvalue weighted by Gasteiger charge is 2.21. The average molecular weight is 416 g/mol. The van der Waals surface area contributed by atoms with E-state index in [9.17, 15) is 14.0 Å². The van der Waals surface area contributed by atoms with Crippen molar-refractivity contribution in [1.82, 2.24) is 20.8 Å². The number of hydrogen-bond acceptors (Lipinski definition) is 6. The number of benzene rings is 1. The van der Waals surface area contributed by atoms with E-state index >= 15 is 0 Å². The Morgan fingerprint density at radius 1 is 1.21 bits per heavy atom. The third-order valence-electron chi connectivity index (χ3n) is 4.35. The average Bonchev–Trinajstić information content (AvgIpc) is 3.04. The summed E-state index contributed by atoms with van der Waals surface area (Å²) in [6, 6.07) is 5.78. The van der Waals surface area contributed by atoms with Gasteiger partial charge in [0.2, 0.25) is 0 Å². The highest BCUT2D eigenvalue weighted by Crippen LogP contribution is 2.31. The van der Waals surface area contributed by atoms with E-state index < -0.39 is 23.7 Å². The molecule has 1 aromatic carbocycles. The summed E-state index contributed by atoms with van der Waals surface area (Å²) in [6.45, 7) is 7.13. The highest BCUT2D eigenvalue weighted by molar-refractivity contribution is 7.20. The zero-order valence-electron chi connectivity index (χ0n) is 16.5. The molecule has 0 saturated carbocycles. The zero-order chi connectivity index (χ0) is 21.1. The lowest BCUT2D eigenvalue weighted by Gasteiger charge is -2.15. The van der Waals surface area contributed by atoms with Gasteiger partial charge in [-0.3, -0.25) is 20.4 Å². The molecule has 152 valence electrons. The van der Waals surface area contributed by atoms with E-state index in [0.717, 1.165) is 27.3 Å². The second kappa shape index (κ2) is 8.52. The third-order valence-corrected chi connectivity index (χ3v) is 5.53. The lowest BCUT2D eigenvalue weighted by molar-refractivity contribution is -0.128. The van der Waals surface area contributed by atoms with Crippen LogP contribution in [0.5, 0.6) is 5.75 Å². The number of fused-ring (bicyclic) bond motifs is 1. The number of halogens is 1. The van der Waals surface area contributed by atoms with Gasteiger partial charge in [-0.15, -0.1) is 11.3 Å². The van der Waals surface area contributed by atoms with Crippen molar-refractivity contribution in [2.45, 2.75) is 40.2 Å². The van der Waals surface area contributed by atoms with E-state index in [1.165, 1.54) is 36.5 Å². The summed E-state index contributed by atoms with van der Waals surface area (Å²) < 4.78 is 18.9. The van der Waals surface area contributed by atoms with Crippen molar-refractivity contribution in [2.75, 3.05) is 0 Å². The van der Waals surface area contributed by atoms with Gasteiger partial charge in [-0.05, 0) is 38.5 Å². The van der Waals surface area contributed by atoms with Crippen LogP contribution in [0.4, 0.5) is 4.39 Å². The predicted octanol–water partition coefficient (Wildman–Crippen LogP) is 3.24. The van der Waals surface area contributed by atoms with E-state index in [4.69, 9.17) is 4.74 Å². The van der Waals surface area contributed by atoms with Crippen molar-refractivity contribution in [1.29, 1.82) is 0 Å². The molecule has 2 aromatic heterocycles. The van der Waals surface area contributed by atoms with E-state index in [2.05, 4.69) is 20.8 Å². The lowest BCUT2D eigenvalue weighted by Crippen LogP contribution is -2.47. The van der Waals surface area contributed by atoms with Crippen LogP contribution in [0.15, 0.2) is 24.3 Å². The Hall–Kier alpha value is -3.07. The minimum atomic E-state index is -1.00. The molecule has 1 unspecified atom stereocenters. The summed E-state index contributed by atoms with van der Waals surface area (Å²) in [6.07, 6.45) is -0.304. The van der Waals surface area contributed by atoms with Crippen LogP contribution < -0.4 is 15.6 Å². The topological polar surface area (TPSA) is 93.2 Å². The van der Waals surface area contributed by atoms with E-state index in [1.54, 1.807) is 6.07 Å². The van der Waals surface area contributed by atoms with Crippen molar-refractivity contribution in [2.24, 2.45) is 0 Å². The fraction of sp³-hybridized carbons (Fsp3) is 0.300. The van der Waals surface area contributed by atoms with Crippen molar-refractivity contribution in [3.8, 4) is 5.75 Å². The first-order valence-electron chi connectivity index (χ1n) is 9.09. The number of hydrazine groups is 1. The quantitative estimate of drug-likeness (QED) is 0.623. The Bertz CT molecular complexity index is 1080. The van der Waals surface area contributed by atoms with Gasteiger partial charge in [0.1, 0.15) is 10.7 Å². The van der Waals surface area contributed by atoms with Crippen LogP contribution in [0, 0.1) is 19.7 Å². The molecular formula is C20H21FN4O3S. The number of carbonyl (C=O) groups is 2. The van der Waals surface area contributed by atoms with Crippen LogP contribution in [0.25, 0.3) is 10.2 Å². The molecule has 29 heavy (non-hydrogen) atoms. The molecule has 0 aliphatic heterocycles. The Morgan fingerprint density at radius 2 is 1.93 bits per heavy atom. The molecule has 2 amide bonds. The molecule has 0 spiro atoms. The molecule has 2 N–H and O–H groups in total. The van der Waals surface area contributed by atoms with Crippen LogP contribution >= 0.6 is 11.3 Å². The molecule has 0 fully saturated rings. The van der Waals surface area contributed by atoms with E-state index in [1.807, 2.05) is 20.8 Å². The van der Waals surface area contributed by atoms with Crippen LogP contribution in [-0.4, -0.2) is 27.9 Å². The monoisotopic (exact) mass is 416 g/mol. The van der Waals surface area contributed by atoms with Gasteiger partial charge in [-0.1, -0.05) is 19.1 Å². The number of aromatic nitrogens is 2. The van der Waals surface area contributed by atoms with Gasteiger partial charge >= 0.3 is 0 Å². The Morgan fingerprint density at radius 3 is 2.62 bits per heavy atom. The van der Waals surface area contributed by atoms with Gasteiger partial charge in [-0.25, -0.2) is 14.4 Å². The first-order valence-corrected chi connectivity index (χ1v) is 9.91. The maximum atomic E-state index is 13.6. The molecule has 3 rings (SSSR count). The maximum absolute atomic E-state index is 13.6. The summed E-state index contributed by atoms with van der Waals surface area (Å²) in [5, 5.41) is 0.847. The molecule has 0 aliphatic rings. The van der Waals surface area contributed by atoms with Gasteiger partial charge < -0.3 is 4.74 Å². The van der Waals surface area contributed by atoms with E-state index in [-0.39, 0.29) is 5.75 Å². The first kappa shape index (κ1) is 20.7. The Labute approximate surface area is 171 Å². The number of amides is 2. The summed E-state index contributed by atoms with van der Waals surface area (Å²) >= 11 is 1.25. The Kier molecular flexibility index (Phi) is 6.07. The third kappa shape index (κ3) is 4.34. The largest absolute Gasteiger partial charge is 0.478 e. The number of carbonyl (C=O) groups excluding carboxylic acids is 2. The summed E-state index contributed by atoms with van der Waals surface area (Å²) in [5.41, 5.74) is 6.27. The fourth-order valence-electron chi connectivity index (χ4n) is 2.83. The van der Waals surface area contributed by atoms with Crippen LogP contribution in [0.1, 0.15) is 40.6 Å². The molecule has 0 aliphatic carbocycles. The molecule has 0 radical (unpaired) electrons. The lowest BCUT2D eigenvalue weighted by atomic mass is 10.1. The fourth-order valence-corrected chi connectivity index (χ4v) is 3.98. The summed E-state index contributed by atoms with van der Waals surface area (Å²) in [5.74, 6) is -0.961. The molecule has 9 heteroatoms. The minimum absolute atomic E-state index is 0.0393. The number of nitrogens with one attached hydrogen (secondary N) is 2. The van der Waals surface area contributed by atoms with Gasteiger partial charge in [0, 0.05) is 17.5 Å². The highest BCUT2D eigenvalue weighted by atomic mass is 32.1. The molecule has 1 atom stereocenters. The molecule has 3 aromatic rings. The van der Waals surface area contributed by atoms with Crippen LogP contribution in [0.2, 0.25) is 0 Å². The van der Waals surface area contributed by atoms with Crippen molar-refractivity contribution >= 4 is 33.4 Å². The van der Waals surface area contributed by atoms with Crippen molar-refractivity contribution in [3.05, 3.63) is 52.0 Å². The molecule has 7 nitrogen and oxygen atoms in total. The molecule has 0 saturated heterocycles. The standard InChI is InChI=1S/C20H21FN4O3S/c1-5-15-22-11(3)16-10(2)17(29-20(16)23-15)19(27)25-24-18(26)12(4)28-14-9-7-6-8-13(14)21/h6-9,12H,5H2,1-4H3,(H,24,26)(H,25,27). The summed E-state index contributed by atoms with van der Waals surface area (Å²) in [7, 11) is 0. The normalized spacial score (nSPS) is 11.9. The van der Waals surface area contributed by atoms with Gasteiger partial charge in [-0.2, -0.15) is 0 Å². The minimum Gasteiger partial charge on any atom is -0.478 e. The molecule has 0 bridgehead atoms. The molecular weight excluding hydrogens is 395 g/mol. The van der Waals surface area contributed by atoms with Crippen molar-refractivity contribution < 1.29 is 18.7 Å². The van der Waals surface area contributed by atoms with Crippen LogP contribution in [0.3, 0.4) is 0 Å².